The molecule has 25 heavy (non-hydrogen) atoms. The van der Waals surface area contributed by atoms with Crippen LogP contribution in [0.25, 0.3) is 0 Å². The highest BCUT2D eigenvalue weighted by atomic mass is 32.1. The van der Waals surface area contributed by atoms with Crippen LogP contribution in [0.15, 0.2) is 41.1 Å². The number of nitrogens with zero attached hydrogens (tertiary/aromatic N) is 2. The summed E-state index contributed by atoms with van der Waals surface area (Å²) < 4.78 is 5.40. The summed E-state index contributed by atoms with van der Waals surface area (Å²) in [5.74, 6) is -0.430. The molecule has 1 saturated heterocycles. The summed E-state index contributed by atoms with van der Waals surface area (Å²) in [7, 11) is 0. The molecule has 1 N–H and O–H groups in total. The van der Waals surface area contributed by atoms with Crippen LogP contribution in [-0.2, 0) is 4.74 Å². The number of nitro groups is 1. The summed E-state index contributed by atoms with van der Waals surface area (Å²) in [5, 5.41) is 18.0. The van der Waals surface area contributed by atoms with Gasteiger partial charge in [0.25, 0.3) is 11.6 Å². The summed E-state index contributed by atoms with van der Waals surface area (Å²) in [5.41, 5.74) is 1.03. The van der Waals surface area contributed by atoms with Gasteiger partial charge in [0.2, 0.25) is 0 Å². The van der Waals surface area contributed by atoms with Crippen molar-refractivity contribution in [3.8, 4) is 0 Å². The van der Waals surface area contributed by atoms with Gasteiger partial charge in [-0.05, 0) is 28.5 Å². The number of carbonyl (C=O) groups excluding carboxylic acids is 1. The van der Waals surface area contributed by atoms with Crippen molar-refractivity contribution < 1.29 is 14.5 Å². The Labute approximate surface area is 149 Å². The first kappa shape index (κ1) is 17.5. The van der Waals surface area contributed by atoms with E-state index in [1.165, 1.54) is 12.1 Å². The molecular formula is C17H19N3O4S. The van der Waals surface area contributed by atoms with E-state index in [1.807, 2.05) is 11.4 Å². The lowest BCUT2D eigenvalue weighted by atomic mass is 10.1. The van der Waals surface area contributed by atoms with Gasteiger partial charge in [-0.25, -0.2) is 0 Å². The minimum absolute atomic E-state index is 0.0295. The van der Waals surface area contributed by atoms with Crippen molar-refractivity contribution in [2.75, 3.05) is 32.8 Å². The Morgan fingerprint density at radius 3 is 2.76 bits per heavy atom. The summed E-state index contributed by atoms with van der Waals surface area (Å²) in [6, 6.07) is 8.07. The van der Waals surface area contributed by atoms with Crippen LogP contribution in [0.4, 0.5) is 5.69 Å². The van der Waals surface area contributed by atoms with Gasteiger partial charge >= 0.3 is 0 Å². The zero-order valence-corrected chi connectivity index (χ0v) is 14.4. The van der Waals surface area contributed by atoms with Crippen LogP contribution in [0, 0.1) is 10.1 Å². The monoisotopic (exact) mass is 361 g/mol. The molecule has 0 bridgehead atoms. The second-order valence-electron chi connectivity index (χ2n) is 5.71. The van der Waals surface area contributed by atoms with Gasteiger partial charge in [0, 0.05) is 25.7 Å². The quantitative estimate of drug-likeness (QED) is 0.631. The Morgan fingerprint density at radius 1 is 1.32 bits per heavy atom. The van der Waals surface area contributed by atoms with E-state index < -0.39 is 10.8 Å². The Balaban J connectivity index is 1.73. The van der Waals surface area contributed by atoms with E-state index in [1.54, 1.807) is 23.5 Å². The van der Waals surface area contributed by atoms with E-state index in [9.17, 15) is 14.9 Å². The first-order valence-electron chi connectivity index (χ1n) is 8.02. The Morgan fingerprint density at radius 2 is 2.08 bits per heavy atom. The van der Waals surface area contributed by atoms with Crippen molar-refractivity contribution in [1.29, 1.82) is 0 Å². The summed E-state index contributed by atoms with van der Waals surface area (Å²) in [4.78, 5) is 25.3. The first-order valence-corrected chi connectivity index (χ1v) is 8.96. The van der Waals surface area contributed by atoms with Crippen LogP contribution in [-0.4, -0.2) is 48.6 Å². The van der Waals surface area contributed by atoms with E-state index in [0.717, 1.165) is 18.7 Å². The fourth-order valence-corrected chi connectivity index (χ4v) is 3.63. The lowest BCUT2D eigenvalue weighted by Crippen LogP contribution is -2.43. The van der Waals surface area contributed by atoms with Gasteiger partial charge in [0.15, 0.2) is 0 Å². The summed E-state index contributed by atoms with van der Waals surface area (Å²) in [6.45, 7) is 3.31. The van der Waals surface area contributed by atoms with Crippen LogP contribution in [0.1, 0.15) is 22.0 Å². The van der Waals surface area contributed by atoms with Crippen LogP contribution in [0.5, 0.6) is 0 Å². The molecule has 1 atom stereocenters. The largest absolute Gasteiger partial charge is 0.379 e. The second-order valence-corrected chi connectivity index (χ2v) is 6.49. The molecule has 0 spiro atoms. The highest BCUT2D eigenvalue weighted by Crippen LogP contribution is 2.24. The first-order chi connectivity index (χ1) is 12.2. The van der Waals surface area contributed by atoms with Crippen molar-refractivity contribution in [3.05, 3.63) is 62.3 Å². The van der Waals surface area contributed by atoms with Crippen molar-refractivity contribution >= 4 is 22.9 Å². The number of morpholine rings is 1. The van der Waals surface area contributed by atoms with Crippen LogP contribution >= 0.6 is 11.3 Å². The number of ether oxygens (including phenoxy) is 1. The van der Waals surface area contributed by atoms with E-state index in [0.29, 0.717) is 19.8 Å². The number of carbonyl (C=O) groups is 1. The number of para-hydroxylation sites is 1. The Hall–Kier alpha value is -2.29. The zero-order chi connectivity index (χ0) is 17.6. The fraction of sp³-hybridized carbons (Fsp3) is 0.353. The molecule has 3 rings (SSSR count). The predicted molar refractivity (Wildman–Crippen MR) is 94.9 cm³/mol. The van der Waals surface area contributed by atoms with Gasteiger partial charge in [-0.2, -0.15) is 11.3 Å². The summed E-state index contributed by atoms with van der Waals surface area (Å²) >= 11 is 1.61. The number of nitrogens with one attached hydrogen (secondary N) is 1. The third-order valence-electron chi connectivity index (χ3n) is 4.22. The van der Waals surface area contributed by atoms with E-state index in [4.69, 9.17) is 4.74 Å². The highest BCUT2D eigenvalue weighted by molar-refractivity contribution is 7.07. The average Bonchev–Trinajstić information content (AvgIpc) is 3.17. The summed E-state index contributed by atoms with van der Waals surface area (Å²) in [6.07, 6.45) is 0. The molecule has 1 aromatic heterocycles. The second kappa shape index (κ2) is 8.19. The Bertz CT molecular complexity index is 729. The number of rotatable bonds is 6. The molecule has 2 heterocycles. The average molecular weight is 361 g/mol. The molecule has 0 radical (unpaired) electrons. The minimum Gasteiger partial charge on any atom is -0.379 e. The molecule has 2 aromatic rings. The third-order valence-corrected chi connectivity index (χ3v) is 4.92. The number of nitro benzene ring substituents is 1. The van der Waals surface area contributed by atoms with E-state index in [-0.39, 0.29) is 17.3 Å². The molecular weight excluding hydrogens is 342 g/mol. The van der Waals surface area contributed by atoms with Gasteiger partial charge in [0.1, 0.15) is 5.56 Å². The molecule has 1 unspecified atom stereocenters. The fourth-order valence-electron chi connectivity index (χ4n) is 2.92. The lowest BCUT2D eigenvalue weighted by Gasteiger charge is -2.34. The minimum atomic E-state index is -0.534. The normalized spacial score (nSPS) is 16.3. The van der Waals surface area contributed by atoms with Crippen molar-refractivity contribution in [1.82, 2.24) is 10.2 Å². The van der Waals surface area contributed by atoms with E-state index in [2.05, 4.69) is 15.6 Å². The molecule has 1 aliphatic heterocycles. The lowest BCUT2D eigenvalue weighted by molar-refractivity contribution is -0.385. The van der Waals surface area contributed by atoms with Crippen molar-refractivity contribution in [2.24, 2.45) is 0 Å². The van der Waals surface area contributed by atoms with Gasteiger partial charge in [-0.15, -0.1) is 0 Å². The van der Waals surface area contributed by atoms with Gasteiger partial charge in [-0.3, -0.25) is 19.8 Å². The molecule has 0 saturated carbocycles. The van der Waals surface area contributed by atoms with Gasteiger partial charge < -0.3 is 10.1 Å². The number of thiophene rings is 1. The van der Waals surface area contributed by atoms with Crippen LogP contribution < -0.4 is 5.32 Å². The molecule has 1 fully saturated rings. The molecule has 8 heteroatoms. The van der Waals surface area contributed by atoms with Crippen molar-refractivity contribution in [2.45, 2.75) is 6.04 Å². The molecule has 1 amide bonds. The zero-order valence-electron chi connectivity index (χ0n) is 13.6. The van der Waals surface area contributed by atoms with Gasteiger partial charge in [-0.1, -0.05) is 12.1 Å². The van der Waals surface area contributed by atoms with E-state index >= 15 is 0 Å². The maximum Gasteiger partial charge on any atom is 0.282 e. The maximum absolute atomic E-state index is 12.5. The standard InChI is InChI=1S/C17H19N3O4S/c21-17(14-3-1-2-4-15(14)20(22)23)18-11-16(13-5-10-25-12-13)19-6-8-24-9-7-19/h1-5,10,12,16H,6-9,11H2,(H,18,21). The maximum atomic E-state index is 12.5. The SMILES string of the molecule is O=C(NCC(c1ccsc1)N1CCOCC1)c1ccccc1[N+](=O)[O-]. The molecule has 1 aliphatic rings. The molecule has 0 aliphatic carbocycles. The molecule has 132 valence electrons. The smallest absolute Gasteiger partial charge is 0.282 e. The molecule has 1 aromatic carbocycles. The number of benzene rings is 1. The van der Waals surface area contributed by atoms with Gasteiger partial charge in [0.05, 0.1) is 24.2 Å². The topological polar surface area (TPSA) is 84.7 Å². The Kier molecular flexibility index (Phi) is 5.75. The van der Waals surface area contributed by atoms with Crippen molar-refractivity contribution in [3.63, 3.8) is 0 Å². The number of hydrogen-bond donors (Lipinski definition) is 1. The molecule has 7 nitrogen and oxygen atoms in total. The third kappa shape index (κ3) is 4.22. The van der Waals surface area contributed by atoms with Crippen LogP contribution in [0.3, 0.4) is 0 Å². The van der Waals surface area contributed by atoms with Crippen LogP contribution in [0.2, 0.25) is 0 Å². The highest BCUT2D eigenvalue weighted by Gasteiger charge is 2.25. The number of amides is 1. The number of hydrogen-bond acceptors (Lipinski definition) is 6. The predicted octanol–water partition coefficient (Wildman–Crippen LogP) is 2.46.